The van der Waals surface area contributed by atoms with Gasteiger partial charge in [0.1, 0.15) is 6.54 Å². The van der Waals surface area contributed by atoms with Crippen molar-refractivity contribution >= 4 is 11.9 Å². The SMILES string of the molecule is CCC1CCC(CN)C(N2C(=O)CN(C)C2=O)C1. The van der Waals surface area contributed by atoms with Crippen LogP contribution in [-0.2, 0) is 4.79 Å². The lowest BCUT2D eigenvalue weighted by atomic mass is 9.76. The molecule has 1 aliphatic carbocycles. The molecule has 2 aliphatic rings. The summed E-state index contributed by atoms with van der Waals surface area (Å²) in [4.78, 5) is 27.0. The molecule has 5 heteroatoms. The number of imide groups is 1. The van der Waals surface area contributed by atoms with E-state index in [-0.39, 0.29) is 30.4 Å². The first-order chi connectivity index (χ1) is 8.58. The van der Waals surface area contributed by atoms with E-state index >= 15 is 0 Å². The predicted octanol–water partition coefficient (Wildman–Crippen LogP) is 1.03. The maximum atomic E-state index is 12.1. The number of hydrogen-bond donors (Lipinski definition) is 1. The van der Waals surface area contributed by atoms with Gasteiger partial charge in [0.2, 0.25) is 0 Å². The number of hydrogen-bond acceptors (Lipinski definition) is 3. The zero-order chi connectivity index (χ0) is 13.3. The summed E-state index contributed by atoms with van der Waals surface area (Å²) in [6.45, 7) is 2.94. The number of urea groups is 1. The molecule has 2 fully saturated rings. The molecular formula is C13H23N3O2. The van der Waals surface area contributed by atoms with Gasteiger partial charge in [0.15, 0.2) is 0 Å². The third kappa shape index (κ3) is 2.23. The summed E-state index contributed by atoms with van der Waals surface area (Å²) in [5, 5.41) is 0. The average molecular weight is 253 g/mol. The van der Waals surface area contributed by atoms with Crippen LogP contribution in [0, 0.1) is 11.8 Å². The van der Waals surface area contributed by atoms with Gasteiger partial charge in [-0.1, -0.05) is 13.3 Å². The fourth-order valence-corrected chi connectivity index (χ4v) is 3.22. The molecule has 0 aromatic heterocycles. The first-order valence-corrected chi connectivity index (χ1v) is 6.85. The summed E-state index contributed by atoms with van der Waals surface area (Å²) in [7, 11) is 1.68. The highest BCUT2D eigenvalue weighted by molar-refractivity contribution is 6.02. The van der Waals surface area contributed by atoms with Gasteiger partial charge in [-0.25, -0.2) is 4.79 Å². The normalized spacial score (nSPS) is 33.4. The van der Waals surface area contributed by atoms with Crippen molar-refractivity contribution in [3.8, 4) is 0 Å². The number of amides is 3. The highest BCUT2D eigenvalue weighted by Gasteiger charge is 2.43. The molecule has 1 heterocycles. The Morgan fingerprint density at radius 3 is 2.56 bits per heavy atom. The molecule has 0 aromatic carbocycles. The van der Waals surface area contributed by atoms with Crippen LogP contribution in [-0.4, -0.2) is 47.9 Å². The molecule has 3 amide bonds. The standard InChI is InChI=1S/C13H23N3O2/c1-3-9-4-5-10(7-14)11(6-9)16-12(17)8-15(2)13(16)18/h9-11H,3-8,14H2,1-2H3. The molecule has 2 rings (SSSR count). The Morgan fingerprint density at radius 1 is 1.33 bits per heavy atom. The van der Waals surface area contributed by atoms with Crippen molar-refractivity contribution in [1.29, 1.82) is 0 Å². The van der Waals surface area contributed by atoms with Gasteiger partial charge in [-0.05, 0) is 37.6 Å². The minimum atomic E-state index is -0.153. The van der Waals surface area contributed by atoms with Gasteiger partial charge in [-0.2, -0.15) is 0 Å². The second-order valence-electron chi connectivity index (χ2n) is 5.55. The van der Waals surface area contributed by atoms with Crippen LogP contribution in [0.3, 0.4) is 0 Å². The van der Waals surface area contributed by atoms with Crippen LogP contribution in [0.15, 0.2) is 0 Å². The zero-order valence-corrected chi connectivity index (χ0v) is 11.3. The lowest BCUT2D eigenvalue weighted by molar-refractivity contribution is -0.128. The van der Waals surface area contributed by atoms with E-state index in [1.54, 1.807) is 7.05 Å². The molecule has 2 N–H and O–H groups in total. The van der Waals surface area contributed by atoms with Gasteiger partial charge in [-0.3, -0.25) is 9.69 Å². The lowest BCUT2D eigenvalue weighted by Crippen LogP contribution is -2.49. The highest BCUT2D eigenvalue weighted by Crippen LogP contribution is 2.35. The van der Waals surface area contributed by atoms with Gasteiger partial charge in [0.25, 0.3) is 5.91 Å². The van der Waals surface area contributed by atoms with E-state index in [1.807, 2.05) is 0 Å². The van der Waals surface area contributed by atoms with Crippen molar-refractivity contribution in [3.05, 3.63) is 0 Å². The van der Waals surface area contributed by atoms with E-state index in [4.69, 9.17) is 5.73 Å². The number of carbonyl (C=O) groups excluding carboxylic acids is 2. The van der Waals surface area contributed by atoms with Crippen LogP contribution in [0.4, 0.5) is 4.79 Å². The monoisotopic (exact) mass is 253 g/mol. The first kappa shape index (κ1) is 13.3. The van der Waals surface area contributed by atoms with Gasteiger partial charge in [0, 0.05) is 13.1 Å². The predicted molar refractivity (Wildman–Crippen MR) is 68.8 cm³/mol. The van der Waals surface area contributed by atoms with Gasteiger partial charge in [0.05, 0.1) is 0 Å². The van der Waals surface area contributed by atoms with Crippen molar-refractivity contribution in [1.82, 2.24) is 9.80 Å². The average Bonchev–Trinajstić information content (AvgIpc) is 2.62. The van der Waals surface area contributed by atoms with Crippen molar-refractivity contribution in [2.75, 3.05) is 20.1 Å². The van der Waals surface area contributed by atoms with Crippen molar-refractivity contribution in [2.45, 2.75) is 38.6 Å². The summed E-state index contributed by atoms with van der Waals surface area (Å²) < 4.78 is 0. The van der Waals surface area contributed by atoms with Crippen molar-refractivity contribution in [3.63, 3.8) is 0 Å². The van der Waals surface area contributed by atoms with Crippen LogP contribution in [0.1, 0.15) is 32.6 Å². The Balaban J connectivity index is 2.17. The highest BCUT2D eigenvalue weighted by atomic mass is 16.2. The summed E-state index contributed by atoms with van der Waals surface area (Å²) in [5.41, 5.74) is 5.81. The third-order valence-corrected chi connectivity index (χ3v) is 4.45. The number of rotatable bonds is 3. The van der Waals surface area contributed by atoms with Crippen LogP contribution in [0.25, 0.3) is 0 Å². The van der Waals surface area contributed by atoms with Crippen molar-refractivity contribution < 1.29 is 9.59 Å². The zero-order valence-electron chi connectivity index (χ0n) is 11.3. The summed E-state index contributed by atoms with van der Waals surface area (Å²) in [5.74, 6) is 0.819. The lowest BCUT2D eigenvalue weighted by Gasteiger charge is -2.39. The minimum absolute atomic E-state index is 0.0126. The number of nitrogens with two attached hydrogens (primary N) is 1. The minimum Gasteiger partial charge on any atom is -0.330 e. The molecule has 3 atom stereocenters. The molecule has 102 valence electrons. The topological polar surface area (TPSA) is 66.6 Å². The van der Waals surface area contributed by atoms with Crippen molar-refractivity contribution in [2.24, 2.45) is 17.6 Å². The molecule has 0 spiro atoms. The van der Waals surface area contributed by atoms with E-state index < -0.39 is 0 Å². The maximum Gasteiger partial charge on any atom is 0.327 e. The molecule has 0 radical (unpaired) electrons. The number of carbonyl (C=O) groups is 2. The molecule has 1 saturated heterocycles. The molecule has 3 unspecified atom stereocenters. The summed E-state index contributed by atoms with van der Waals surface area (Å²) >= 11 is 0. The van der Waals surface area contributed by atoms with Crippen LogP contribution >= 0.6 is 0 Å². The molecule has 5 nitrogen and oxygen atoms in total. The Morgan fingerprint density at radius 2 is 2.06 bits per heavy atom. The second-order valence-corrected chi connectivity index (χ2v) is 5.55. The van der Waals surface area contributed by atoms with Gasteiger partial charge < -0.3 is 10.6 Å². The smallest absolute Gasteiger partial charge is 0.327 e. The van der Waals surface area contributed by atoms with E-state index in [0.29, 0.717) is 12.5 Å². The third-order valence-electron chi connectivity index (χ3n) is 4.45. The molecule has 0 bridgehead atoms. The van der Waals surface area contributed by atoms with Gasteiger partial charge >= 0.3 is 6.03 Å². The second kappa shape index (κ2) is 5.26. The molecule has 1 aliphatic heterocycles. The Bertz CT molecular complexity index is 345. The first-order valence-electron chi connectivity index (χ1n) is 6.85. The Hall–Kier alpha value is -1.10. The maximum absolute atomic E-state index is 12.1. The number of nitrogens with zero attached hydrogens (tertiary/aromatic N) is 2. The van der Waals surface area contributed by atoms with Crippen LogP contribution in [0.5, 0.6) is 0 Å². The molecule has 0 aromatic rings. The van der Waals surface area contributed by atoms with Crippen LogP contribution < -0.4 is 5.73 Å². The van der Waals surface area contributed by atoms with E-state index in [2.05, 4.69) is 6.92 Å². The van der Waals surface area contributed by atoms with Gasteiger partial charge in [-0.15, -0.1) is 0 Å². The van der Waals surface area contributed by atoms with E-state index in [0.717, 1.165) is 19.3 Å². The fraction of sp³-hybridized carbons (Fsp3) is 0.846. The Labute approximate surface area is 108 Å². The molecule has 18 heavy (non-hydrogen) atoms. The summed E-state index contributed by atoms with van der Waals surface area (Å²) in [6.07, 6.45) is 4.23. The van der Waals surface area contributed by atoms with Crippen LogP contribution in [0.2, 0.25) is 0 Å². The molecule has 1 saturated carbocycles. The fourth-order valence-electron chi connectivity index (χ4n) is 3.22. The largest absolute Gasteiger partial charge is 0.330 e. The van der Waals surface area contributed by atoms with E-state index in [1.165, 1.54) is 16.2 Å². The summed E-state index contributed by atoms with van der Waals surface area (Å²) in [6, 6.07) is -0.140. The quantitative estimate of drug-likeness (QED) is 0.764. The van der Waals surface area contributed by atoms with E-state index in [9.17, 15) is 9.59 Å². The number of likely N-dealkylation sites (N-methyl/N-ethyl adjacent to an activating group) is 1. The molecular weight excluding hydrogens is 230 g/mol. The Kier molecular flexibility index (Phi) is 3.90.